The minimum absolute atomic E-state index is 0.0357. The number of alkyl halides is 2. The molecule has 1 aromatic heterocycles. The number of hydrogen-bond donors (Lipinski definition) is 2. The summed E-state index contributed by atoms with van der Waals surface area (Å²) in [5, 5.41) is 5.32. The summed E-state index contributed by atoms with van der Waals surface area (Å²) in [6.07, 6.45) is 0.922. The number of halogens is 2. The number of hydrogen-bond acceptors (Lipinski definition) is 5. The van der Waals surface area contributed by atoms with Crippen LogP contribution in [0.2, 0.25) is 0 Å². The third-order valence-electron chi connectivity index (χ3n) is 7.86. The number of benzene rings is 2. The van der Waals surface area contributed by atoms with Crippen LogP contribution in [-0.2, 0) is 40.3 Å². The van der Waals surface area contributed by atoms with Crippen LogP contribution in [0.25, 0.3) is 0 Å². The van der Waals surface area contributed by atoms with Gasteiger partial charge < -0.3 is 20.4 Å². The van der Waals surface area contributed by atoms with Gasteiger partial charge in [-0.1, -0.05) is 60.7 Å². The lowest BCUT2D eigenvalue weighted by Gasteiger charge is -2.41. The van der Waals surface area contributed by atoms with Gasteiger partial charge in [-0.2, -0.15) is 0 Å². The number of urea groups is 1. The van der Waals surface area contributed by atoms with Crippen molar-refractivity contribution >= 4 is 23.6 Å². The maximum atomic E-state index is 13.9. The number of ketones is 1. The molecule has 0 radical (unpaired) electrons. The van der Waals surface area contributed by atoms with Crippen LogP contribution in [0, 0.1) is 0 Å². The van der Waals surface area contributed by atoms with Crippen LogP contribution in [0.3, 0.4) is 0 Å². The normalized spacial score (nSPS) is 18.2. The topological polar surface area (TPSA) is 112 Å². The standard InChI is InChI=1S/C32H33F2N5O4/c33-32(34)13-16-38(17-14-32)31(43)39-21-24-11-5-4-10-23(24)19-27(39)29(41)37-26(18-22-8-2-1-3-9-22)28(40)30(42)36-20-25-12-6-7-15-35-25/h1-12,15,26-27H,13-14,16-21H2,(H,36,42)(H,37,41)/t26-,27-/m1/s1. The molecular weight excluding hydrogens is 556 g/mol. The second-order valence-electron chi connectivity index (χ2n) is 10.9. The molecule has 11 heteroatoms. The number of fused-ring (bicyclic) bond motifs is 1. The Kier molecular flexibility index (Phi) is 9.08. The van der Waals surface area contributed by atoms with Crippen LogP contribution in [0.4, 0.5) is 13.6 Å². The average molecular weight is 590 g/mol. The van der Waals surface area contributed by atoms with Crippen LogP contribution in [0.5, 0.6) is 0 Å². The third kappa shape index (κ3) is 7.40. The number of nitrogens with one attached hydrogen (secondary N) is 2. The summed E-state index contributed by atoms with van der Waals surface area (Å²) in [5.74, 6) is -5.13. The van der Waals surface area contributed by atoms with Crippen LogP contribution in [-0.4, -0.2) is 69.5 Å². The summed E-state index contributed by atoms with van der Waals surface area (Å²) in [7, 11) is 0. The molecule has 224 valence electrons. The molecular formula is C32H33F2N5O4. The number of carbonyl (C=O) groups is 4. The second kappa shape index (κ2) is 13.1. The van der Waals surface area contributed by atoms with Gasteiger partial charge in [-0.25, -0.2) is 13.6 Å². The predicted molar refractivity (Wildman–Crippen MR) is 154 cm³/mol. The van der Waals surface area contributed by atoms with E-state index in [2.05, 4.69) is 15.6 Å². The van der Waals surface area contributed by atoms with E-state index in [0.29, 0.717) is 5.69 Å². The lowest BCUT2D eigenvalue weighted by Crippen LogP contribution is -2.60. The van der Waals surface area contributed by atoms with E-state index in [-0.39, 0.29) is 39.0 Å². The fourth-order valence-electron chi connectivity index (χ4n) is 5.41. The summed E-state index contributed by atoms with van der Waals surface area (Å²) < 4.78 is 27.6. The molecule has 9 nitrogen and oxygen atoms in total. The molecule has 0 saturated carbocycles. The van der Waals surface area contributed by atoms with Gasteiger partial charge in [0.15, 0.2) is 0 Å². The molecule has 0 bridgehead atoms. The van der Waals surface area contributed by atoms with Crippen LogP contribution >= 0.6 is 0 Å². The Morgan fingerprint density at radius 1 is 0.907 bits per heavy atom. The van der Waals surface area contributed by atoms with Crippen LogP contribution in [0.1, 0.15) is 35.2 Å². The van der Waals surface area contributed by atoms with E-state index < -0.39 is 54.5 Å². The number of pyridine rings is 1. The number of aromatic nitrogens is 1. The Morgan fingerprint density at radius 3 is 2.28 bits per heavy atom. The van der Waals surface area contributed by atoms with Gasteiger partial charge in [0, 0.05) is 51.5 Å². The monoisotopic (exact) mass is 589 g/mol. The first-order valence-electron chi connectivity index (χ1n) is 14.3. The molecule has 0 unspecified atom stereocenters. The highest BCUT2D eigenvalue weighted by Crippen LogP contribution is 2.30. The minimum atomic E-state index is -2.83. The fraction of sp³-hybridized carbons (Fsp3) is 0.344. The lowest BCUT2D eigenvalue weighted by atomic mass is 9.93. The highest BCUT2D eigenvalue weighted by molar-refractivity contribution is 6.38. The number of carbonyl (C=O) groups excluding carboxylic acids is 4. The molecule has 0 aliphatic carbocycles. The van der Waals surface area contributed by atoms with Crippen LogP contribution in [0.15, 0.2) is 79.0 Å². The summed E-state index contributed by atoms with van der Waals surface area (Å²) in [6.45, 7) is -0.0937. The predicted octanol–water partition coefficient (Wildman–Crippen LogP) is 3.27. The number of likely N-dealkylation sites (tertiary alicyclic amines) is 1. The molecule has 4 amide bonds. The number of amides is 4. The van der Waals surface area contributed by atoms with Crippen molar-refractivity contribution < 1.29 is 28.0 Å². The Balaban J connectivity index is 1.36. The van der Waals surface area contributed by atoms with E-state index in [1.165, 1.54) is 9.80 Å². The first kappa shape index (κ1) is 29.8. The van der Waals surface area contributed by atoms with Crippen molar-refractivity contribution in [3.05, 3.63) is 101 Å². The zero-order valence-corrected chi connectivity index (χ0v) is 23.5. The van der Waals surface area contributed by atoms with E-state index in [1.54, 1.807) is 48.7 Å². The van der Waals surface area contributed by atoms with Crippen molar-refractivity contribution in [1.29, 1.82) is 0 Å². The first-order chi connectivity index (χ1) is 20.7. The first-order valence-corrected chi connectivity index (χ1v) is 14.3. The molecule has 3 heterocycles. The molecule has 2 atom stereocenters. The van der Waals surface area contributed by atoms with E-state index in [1.807, 2.05) is 30.3 Å². The van der Waals surface area contributed by atoms with Crippen molar-refractivity contribution in [2.24, 2.45) is 0 Å². The highest BCUT2D eigenvalue weighted by atomic mass is 19.3. The van der Waals surface area contributed by atoms with Crippen molar-refractivity contribution in [3.63, 3.8) is 0 Å². The Labute approximate surface area is 248 Å². The summed E-state index contributed by atoms with van der Waals surface area (Å²) in [6, 6.07) is 18.9. The molecule has 1 fully saturated rings. The van der Waals surface area contributed by atoms with Crippen molar-refractivity contribution in [1.82, 2.24) is 25.4 Å². The molecule has 5 rings (SSSR count). The zero-order valence-electron chi connectivity index (χ0n) is 23.5. The van der Waals surface area contributed by atoms with Crippen LogP contribution < -0.4 is 10.6 Å². The Morgan fingerprint density at radius 2 is 1.58 bits per heavy atom. The van der Waals surface area contributed by atoms with Gasteiger partial charge >= 0.3 is 6.03 Å². The number of Topliss-reactive ketones (excluding diaryl/α,β-unsaturated/α-hetero) is 1. The van der Waals surface area contributed by atoms with E-state index in [0.717, 1.165) is 16.7 Å². The zero-order chi connectivity index (χ0) is 30.4. The molecule has 1 saturated heterocycles. The smallest absolute Gasteiger partial charge is 0.321 e. The Bertz CT molecular complexity index is 1460. The highest BCUT2D eigenvalue weighted by Gasteiger charge is 2.41. The summed E-state index contributed by atoms with van der Waals surface area (Å²) in [4.78, 5) is 60.7. The van der Waals surface area contributed by atoms with Crippen molar-refractivity contribution in [2.75, 3.05) is 13.1 Å². The molecule has 2 aromatic carbocycles. The molecule has 2 aliphatic heterocycles. The fourth-order valence-corrected chi connectivity index (χ4v) is 5.41. The van der Waals surface area contributed by atoms with Gasteiger partial charge in [-0.05, 0) is 28.8 Å². The second-order valence-corrected chi connectivity index (χ2v) is 10.9. The minimum Gasteiger partial charge on any atom is -0.344 e. The van der Waals surface area contributed by atoms with E-state index >= 15 is 0 Å². The summed E-state index contributed by atoms with van der Waals surface area (Å²) in [5.41, 5.74) is 3.02. The van der Waals surface area contributed by atoms with Gasteiger partial charge in [-0.15, -0.1) is 0 Å². The molecule has 2 aliphatic rings. The van der Waals surface area contributed by atoms with Gasteiger partial charge in [0.2, 0.25) is 11.7 Å². The number of rotatable bonds is 8. The molecule has 3 aromatic rings. The molecule has 0 spiro atoms. The maximum Gasteiger partial charge on any atom is 0.321 e. The van der Waals surface area contributed by atoms with E-state index in [4.69, 9.17) is 0 Å². The van der Waals surface area contributed by atoms with Gasteiger partial charge in [0.1, 0.15) is 12.1 Å². The average Bonchev–Trinajstić information content (AvgIpc) is 3.03. The largest absolute Gasteiger partial charge is 0.344 e. The summed E-state index contributed by atoms with van der Waals surface area (Å²) >= 11 is 0. The van der Waals surface area contributed by atoms with Gasteiger partial charge in [0.25, 0.3) is 11.8 Å². The third-order valence-corrected chi connectivity index (χ3v) is 7.86. The van der Waals surface area contributed by atoms with Gasteiger partial charge in [-0.3, -0.25) is 19.4 Å². The number of nitrogens with zero attached hydrogens (tertiary/aromatic N) is 3. The van der Waals surface area contributed by atoms with Crippen molar-refractivity contribution in [3.8, 4) is 0 Å². The van der Waals surface area contributed by atoms with Crippen molar-refractivity contribution in [2.45, 2.75) is 56.8 Å². The maximum absolute atomic E-state index is 13.9. The lowest BCUT2D eigenvalue weighted by molar-refractivity contribution is -0.140. The quantitative estimate of drug-likeness (QED) is 0.392. The molecule has 43 heavy (non-hydrogen) atoms. The Hall–Kier alpha value is -4.67. The molecule has 2 N–H and O–H groups in total. The SMILES string of the molecule is O=C(NCc1ccccn1)C(=O)[C@@H](Cc1ccccc1)NC(=O)[C@H]1Cc2ccccc2CN1C(=O)N1CCC(F)(F)CC1. The van der Waals surface area contributed by atoms with E-state index in [9.17, 15) is 28.0 Å². The number of piperidine rings is 1. The van der Waals surface area contributed by atoms with Gasteiger partial charge in [0.05, 0.1) is 12.2 Å².